The number of carbonyl (C=O) groups is 2. The number of rotatable bonds is 8. The predicted octanol–water partition coefficient (Wildman–Crippen LogP) is 4.03. The van der Waals surface area contributed by atoms with Gasteiger partial charge in [-0.25, -0.2) is 0 Å². The molecule has 2 amide bonds. The molecular formula is C23H26N2O4. The van der Waals surface area contributed by atoms with Gasteiger partial charge in [-0.1, -0.05) is 18.2 Å². The van der Waals surface area contributed by atoms with Crippen molar-refractivity contribution in [2.45, 2.75) is 38.8 Å². The van der Waals surface area contributed by atoms with Crippen LogP contribution in [0.15, 0.2) is 48.5 Å². The van der Waals surface area contributed by atoms with Crippen molar-refractivity contribution < 1.29 is 19.1 Å². The fraction of sp³-hybridized carbons (Fsp3) is 0.304. The van der Waals surface area contributed by atoms with E-state index in [2.05, 4.69) is 10.6 Å². The molecule has 29 heavy (non-hydrogen) atoms. The standard InChI is InChI=1S/C23H26N2O4/c1-15(2)29-20-12-8-16(14-21(20)28-3)9-13-22(26)25-19-7-5-4-6-18(19)23(27)24-17-10-11-17/h4-9,12-15,17H,10-11H2,1-3H3,(H,24,27)(H,25,26)/b13-9+. The van der Waals surface area contributed by atoms with Crippen molar-refractivity contribution in [3.05, 3.63) is 59.7 Å². The summed E-state index contributed by atoms with van der Waals surface area (Å²) in [5.74, 6) is 0.763. The lowest BCUT2D eigenvalue weighted by molar-refractivity contribution is -0.111. The molecule has 0 atom stereocenters. The zero-order valence-corrected chi connectivity index (χ0v) is 16.9. The van der Waals surface area contributed by atoms with Crippen molar-refractivity contribution in [1.29, 1.82) is 0 Å². The van der Waals surface area contributed by atoms with Crippen molar-refractivity contribution in [1.82, 2.24) is 5.32 Å². The molecule has 3 rings (SSSR count). The lowest BCUT2D eigenvalue weighted by atomic mass is 10.1. The lowest BCUT2D eigenvalue weighted by Crippen LogP contribution is -2.26. The smallest absolute Gasteiger partial charge is 0.253 e. The number of para-hydroxylation sites is 1. The third-order valence-electron chi connectivity index (χ3n) is 4.32. The molecule has 0 aromatic heterocycles. The van der Waals surface area contributed by atoms with Crippen molar-refractivity contribution in [2.24, 2.45) is 0 Å². The van der Waals surface area contributed by atoms with Crippen LogP contribution in [0, 0.1) is 0 Å². The van der Waals surface area contributed by atoms with Crippen molar-refractivity contribution in [3.8, 4) is 11.5 Å². The Morgan fingerprint density at radius 1 is 1.10 bits per heavy atom. The maximum atomic E-state index is 12.4. The van der Waals surface area contributed by atoms with Gasteiger partial charge in [-0.15, -0.1) is 0 Å². The Balaban J connectivity index is 1.68. The number of carbonyl (C=O) groups excluding carboxylic acids is 2. The van der Waals surface area contributed by atoms with Gasteiger partial charge in [-0.2, -0.15) is 0 Å². The van der Waals surface area contributed by atoms with E-state index in [-0.39, 0.29) is 24.0 Å². The highest BCUT2D eigenvalue weighted by Crippen LogP contribution is 2.29. The molecule has 2 aromatic rings. The molecule has 1 aliphatic rings. The van der Waals surface area contributed by atoms with Crippen LogP contribution in [-0.4, -0.2) is 31.1 Å². The summed E-state index contributed by atoms with van der Waals surface area (Å²) in [6.07, 6.45) is 5.16. The van der Waals surface area contributed by atoms with Gasteiger partial charge in [0.05, 0.1) is 24.5 Å². The summed E-state index contributed by atoms with van der Waals surface area (Å²) in [6, 6.07) is 12.7. The number of hydrogen-bond acceptors (Lipinski definition) is 4. The summed E-state index contributed by atoms with van der Waals surface area (Å²) < 4.78 is 11.1. The van der Waals surface area contributed by atoms with Crippen LogP contribution >= 0.6 is 0 Å². The van der Waals surface area contributed by atoms with Gasteiger partial charge < -0.3 is 20.1 Å². The number of benzene rings is 2. The first-order valence-electron chi connectivity index (χ1n) is 9.70. The Labute approximate surface area is 170 Å². The molecule has 0 saturated heterocycles. The number of hydrogen-bond donors (Lipinski definition) is 2. The van der Waals surface area contributed by atoms with Crippen LogP contribution in [0.1, 0.15) is 42.6 Å². The number of anilines is 1. The van der Waals surface area contributed by atoms with Crippen molar-refractivity contribution in [3.63, 3.8) is 0 Å². The average molecular weight is 394 g/mol. The van der Waals surface area contributed by atoms with Crippen molar-refractivity contribution >= 4 is 23.6 Å². The van der Waals surface area contributed by atoms with E-state index in [1.54, 1.807) is 43.5 Å². The molecule has 0 bridgehead atoms. The van der Waals surface area contributed by atoms with Crippen LogP contribution in [0.2, 0.25) is 0 Å². The zero-order chi connectivity index (χ0) is 20.8. The molecule has 6 heteroatoms. The first-order chi connectivity index (χ1) is 14.0. The normalized spacial score (nSPS) is 13.4. The minimum atomic E-state index is -0.321. The summed E-state index contributed by atoms with van der Waals surface area (Å²) in [6.45, 7) is 3.89. The van der Waals surface area contributed by atoms with Gasteiger partial charge in [-0.05, 0) is 62.6 Å². The monoisotopic (exact) mass is 394 g/mol. The number of nitrogens with one attached hydrogen (secondary N) is 2. The average Bonchev–Trinajstić information content (AvgIpc) is 3.51. The predicted molar refractivity (Wildman–Crippen MR) is 113 cm³/mol. The quantitative estimate of drug-likeness (QED) is 0.663. The van der Waals surface area contributed by atoms with E-state index in [0.717, 1.165) is 18.4 Å². The van der Waals surface area contributed by atoms with E-state index < -0.39 is 0 Å². The zero-order valence-electron chi connectivity index (χ0n) is 16.9. The first kappa shape index (κ1) is 20.5. The van der Waals surface area contributed by atoms with Crippen molar-refractivity contribution in [2.75, 3.05) is 12.4 Å². The van der Waals surface area contributed by atoms with Gasteiger partial charge in [0.25, 0.3) is 5.91 Å². The second kappa shape index (κ2) is 9.28. The summed E-state index contributed by atoms with van der Waals surface area (Å²) in [5, 5.41) is 5.72. The van der Waals surface area contributed by atoms with Gasteiger partial charge >= 0.3 is 0 Å². The Morgan fingerprint density at radius 3 is 2.55 bits per heavy atom. The molecule has 6 nitrogen and oxygen atoms in total. The highest BCUT2D eigenvalue weighted by Gasteiger charge is 2.24. The number of methoxy groups -OCH3 is 1. The molecule has 0 heterocycles. The topological polar surface area (TPSA) is 76.7 Å². The molecule has 1 aliphatic carbocycles. The third-order valence-corrected chi connectivity index (χ3v) is 4.32. The fourth-order valence-corrected chi connectivity index (χ4v) is 2.77. The van der Waals surface area contributed by atoms with Gasteiger partial charge in [0.2, 0.25) is 5.91 Å². The molecule has 152 valence electrons. The van der Waals surface area contributed by atoms with E-state index in [1.807, 2.05) is 26.0 Å². The molecule has 1 saturated carbocycles. The van der Waals surface area contributed by atoms with Crippen LogP contribution in [0.5, 0.6) is 11.5 Å². The Morgan fingerprint density at radius 2 is 1.86 bits per heavy atom. The van der Waals surface area contributed by atoms with E-state index in [1.165, 1.54) is 6.08 Å². The Kier molecular flexibility index (Phi) is 6.54. The van der Waals surface area contributed by atoms with Crippen LogP contribution in [-0.2, 0) is 4.79 Å². The minimum absolute atomic E-state index is 0.0354. The summed E-state index contributed by atoms with van der Waals surface area (Å²) >= 11 is 0. The van der Waals surface area contributed by atoms with Gasteiger partial charge in [0.15, 0.2) is 11.5 Å². The second-order valence-corrected chi connectivity index (χ2v) is 7.19. The van der Waals surface area contributed by atoms with Crippen LogP contribution in [0.25, 0.3) is 6.08 Å². The molecule has 1 fully saturated rings. The highest BCUT2D eigenvalue weighted by molar-refractivity contribution is 6.07. The molecule has 2 aromatic carbocycles. The SMILES string of the molecule is COc1cc(/C=C/C(=O)Nc2ccccc2C(=O)NC2CC2)ccc1OC(C)C. The van der Waals surface area contributed by atoms with E-state index in [0.29, 0.717) is 22.7 Å². The third kappa shape index (κ3) is 5.85. The molecule has 0 aliphatic heterocycles. The molecule has 0 spiro atoms. The minimum Gasteiger partial charge on any atom is -0.493 e. The second-order valence-electron chi connectivity index (χ2n) is 7.19. The fourth-order valence-electron chi connectivity index (χ4n) is 2.77. The number of ether oxygens (including phenoxy) is 2. The lowest BCUT2D eigenvalue weighted by Gasteiger charge is -2.13. The van der Waals surface area contributed by atoms with Crippen LogP contribution < -0.4 is 20.1 Å². The summed E-state index contributed by atoms with van der Waals surface area (Å²) in [5.41, 5.74) is 1.74. The van der Waals surface area contributed by atoms with E-state index in [9.17, 15) is 9.59 Å². The van der Waals surface area contributed by atoms with Gasteiger partial charge in [0.1, 0.15) is 0 Å². The van der Waals surface area contributed by atoms with E-state index >= 15 is 0 Å². The maximum absolute atomic E-state index is 12.4. The summed E-state index contributed by atoms with van der Waals surface area (Å²) in [7, 11) is 1.58. The molecule has 2 N–H and O–H groups in total. The maximum Gasteiger partial charge on any atom is 0.253 e. The molecule has 0 radical (unpaired) electrons. The van der Waals surface area contributed by atoms with Crippen LogP contribution in [0.4, 0.5) is 5.69 Å². The molecular weight excluding hydrogens is 368 g/mol. The van der Waals surface area contributed by atoms with E-state index in [4.69, 9.17) is 9.47 Å². The van der Waals surface area contributed by atoms with Gasteiger partial charge in [0, 0.05) is 12.1 Å². The highest BCUT2D eigenvalue weighted by atomic mass is 16.5. The molecule has 0 unspecified atom stereocenters. The first-order valence-corrected chi connectivity index (χ1v) is 9.70. The Bertz CT molecular complexity index is 917. The summed E-state index contributed by atoms with van der Waals surface area (Å²) in [4.78, 5) is 24.7. The van der Waals surface area contributed by atoms with Crippen LogP contribution in [0.3, 0.4) is 0 Å². The van der Waals surface area contributed by atoms with Gasteiger partial charge in [-0.3, -0.25) is 9.59 Å². The largest absolute Gasteiger partial charge is 0.493 e. The number of amides is 2. The Hall–Kier alpha value is -3.28.